The van der Waals surface area contributed by atoms with E-state index in [0.717, 1.165) is 23.0 Å². The summed E-state index contributed by atoms with van der Waals surface area (Å²) in [5.41, 5.74) is 1.24. The topological polar surface area (TPSA) is 24.4 Å². The Kier molecular flexibility index (Phi) is 4.05. The molecule has 1 aliphatic rings. The van der Waals surface area contributed by atoms with Gasteiger partial charge >= 0.3 is 0 Å². The summed E-state index contributed by atoms with van der Waals surface area (Å²) in [5, 5.41) is 4.45. The van der Waals surface area contributed by atoms with Crippen LogP contribution in [0.1, 0.15) is 20.3 Å². The van der Waals surface area contributed by atoms with Crippen LogP contribution in [0.4, 0.5) is 5.69 Å². The maximum atomic E-state index is 4.75. The first-order valence-electron chi connectivity index (χ1n) is 5.79. The highest BCUT2D eigenvalue weighted by atomic mass is 32.2. The molecule has 1 N–H and O–H groups in total. The standard InChI is InChI=1S/C13H18N2S2/c1-4-13(2)9-17-12(15-13)14-10-6-5-7-11(8-10)16-3/h5-8H,4,9H2,1-3H3,(H,14,15). The lowest BCUT2D eigenvalue weighted by atomic mass is 10.0. The van der Waals surface area contributed by atoms with E-state index in [1.165, 1.54) is 4.90 Å². The monoisotopic (exact) mass is 266 g/mol. The van der Waals surface area contributed by atoms with Crippen molar-refractivity contribution in [2.75, 3.05) is 17.3 Å². The quantitative estimate of drug-likeness (QED) is 0.834. The molecule has 1 aromatic carbocycles. The van der Waals surface area contributed by atoms with E-state index in [-0.39, 0.29) is 5.54 Å². The normalized spacial score (nSPS) is 23.6. The minimum absolute atomic E-state index is 0.115. The number of anilines is 1. The fourth-order valence-electron chi connectivity index (χ4n) is 1.60. The van der Waals surface area contributed by atoms with Gasteiger partial charge < -0.3 is 5.32 Å². The third-order valence-corrected chi connectivity index (χ3v) is 4.93. The SMILES string of the molecule is CCC1(C)CSC(Nc2cccc(SC)c2)=N1. The number of amidine groups is 1. The van der Waals surface area contributed by atoms with Gasteiger partial charge in [-0.05, 0) is 37.8 Å². The number of rotatable bonds is 3. The molecule has 1 aromatic rings. The van der Waals surface area contributed by atoms with Crippen LogP contribution < -0.4 is 5.32 Å². The van der Waals surface area contributed by atoms with Crippen LogP contribution in [0, 0.1) is 0 Å². The lowest BCUT2D eigenvalue weighted by Crippen LogP contribution is -2.20. The summed E-state index contributed by atoms with van der Waals surface area (Å²) >= 11 is 3.57. The third-order valence-electron chi connectivity index (χ3n) is 2.97. The maximum absolute atomic E-state index is 4.75. The van der Waals surface area contributed by atoms with E-state index in [9.17, 15) is 0 Å². The van der Waals surface area contributed by atoms with Crippen molar-refractivity contribution >= 4 is 34.4 Å². The Balaban J connectivity index is 2.09. The third kappa shape index (κ3) is 3.19. The Bertz CT molecular complexity index is 431. The van der Waals surface area contributed by atoms with Crippen molar-refractivity contribution in [2.24, 2.45) is 4.99 Å². The van der Waals surface area contributed by atoms with Crippen molar-refractivity contribution in [3.05, 3.63) is 24.3 Å². The van der Waals surface area contributed by atoms with Crippen molar-refractivity contribution in [1.29, 1.82) is 0 Å². The van der Waals surface area contributed by atoms with Crippen LogP contribution in [0.3, 0.4) is 0 Å². The second-order valence-corrected chi connectivity index (χ2v) is 6.26. The lowest BCUT2D eigenvalue weighted by Gasteiger charge is -2.15. The van der Waals surface area contributed by atoms with Gasteiger partial charge in [0.25, 0.3) is 0 Å². The molecule has 0 bridgehead atoms. The molecule has 0 aromatic heterocycles. The highest BCUT2D eigenvalue weighted by molar-refractivity contribution is 8.14. The molecule has 0 spiro atoms. The summed E-state index contributed by atoms with van der Waals surface area (Å²) in [7, 11) is 0. The molecule has 1 unspecified atom stereocenters. The van der Waals surface area contributed by atoms with Crippen molar-refractivity contribution in [3.63, 3.8) is 0 Å². The van der Waals surface area contributed by atoms with E-state index in [1.807, 2.05) is 11.8 Å². The Morgan fingerprint density at radius 2 is 2.35 bits per heavy atom. The van der Waals surface area contributed by atoms with E-state index >= 15 is 0 Å². The molecule has 0 radical (unpaired) electrons. The average molecular weight is 266 g/mol. The van der Waals surface area contributed by atoms with Crippen LogP contribution >= 0.6 is 23.5 Å². The van der Waals surface area contributed by atoms with Crippen molar-refractivity contribution in [3.8, 4) is 0 Å². The molecule has 1 heterocycles. The van der Waals surface area contributed by atoms with Gasteiger partial charge in [-0.2, -0.15) is 0 Å². The second kappa shape index (κ2) is 5.36. The zero-order valence-electron chi connectivity index (χ0n) is 10.5. The Morgan fingerprint density at radius 3 is 3.00 bits per heavy atom. The number of aliphatic imine (C=N–C) groups is 1. The fraction of sp³-hybridized carbons (Fsp3) is 0.462. The first-order chi connectivity index (χ1) is 8.15. The number of hydrogen-bond acceptors (Lipinski definition) is 4. The van der Waals surface area contributed by atoms with Gasteiger partial charge in [-0.15, -0.1) is 11.8 Å². The van der Waals surface area contributed by atoms with E-state index in [4.69, 9.17) is 4.99 Å². The smallest absolute Gasteiger partial charge is 0.161 e. The van der Waals surface area contributed by atoms with Gasteiger partial charge in [-0.1, -0.05) is 24.8 Å². The minimum Gasteiger partial charge on any atom is -0.335 e. The molecule has 92 valence electrons. The van der Waals surface area contributed by atoms with Crippen molar-refractivity contribution in [1.82, 2.24) is 0 Å². The summed E-state index contributed by atoms with van der Waals surface area (Å²) in [5.74, 6) is 1.08. The molecule has 4 heteroatoms. The summed E-state index contributed by atoms with van der Waals surface area (Å²) in [6, 6.07) is 8.45. The van der Waals surface area contributed by atoms with E-state index in [1.54, 1.807) is 11.8 Å². The molecule has 0 fully saturated rings. The second-order valence-electron chi connectivity index (χ2n) is 4.41. The zero-order chi connectivity index (χ0) is 12.3. The van der Waals surface area contributed by atoms with E-state index < -0.39 is 0 Å². The summed E-state index contributed by atoms with van der Waals surface area (Å²) in [4.78, 5) is 6.03. The zero-order valence-corrected chi connectivity index (χ0v) is 12.1. The molecule has 17 heavy (non-hydrogen) atoms. The average Bonchev–Trinajstić information content (AvgIpc) is 2.72. The van der Waals surface area contributed by atoms with Crippen LogP contribution in [0.5, 0.6) is 0 Å². The van der Waals surface area contributed by atoms with Crippen LogP contribution in [0.25, 0.3) is 0 Å². The first-order valence-corrected chi connectivity index (χ1v) is 8.00. The summed E-state index contributed by atoms with van der Waals surface area (Å²) in [6.45, 7) is 4.41. The molecular formula is C13H18N2S2. The molecular weight excluding hydrogens is 248 g/mol. The van der Waals surface area contributed by atoms with Gasteiger partial charge in [-0.25, -0.2) is 0 Å². The van der Waals surface area contributed by atoms with Gasteiger partial charge in [0, 0.05) is 16.3 Å². The van der Waals surface area contributed by atoms with E-state index in [0.29, 0.717) is 0 Å². The molecule has 0 saturated carbocycles. The first kappa shape index (κ1) is 12.8. The Morgan fingerprint density at radius 1 is 1.53 bits per heavy atom. The highest BCUT2D eigenvalue weighted by Gasteiger charge is 2.28. The molecule has 2 nitrogen and oxygen atoms in total. The molecule has 1 atom stereocenters. The molecule has 0 amide bonds. The number of benzene rings is 1. The van der Waals surface area contributed by atoms with Gasteiger partial charge in [0.2, 0.25) is 0 Å². The number of hydrogen-bond donors (Lipinski definition) is 1. The Hall–Kier alpha value is -0.610. The number of thioether (sulfide) groups is 2. The molecule has 0 saturated heterocycles. The highest BCUT2D eigenvalue weighted by Crippen LogP contribution is 2.31. The predicted octanol–water partition coefficient (Wildman–Crippen LogP) is 4.09. The number of nitrogens with one attached hydrogen (secondary N) is 1. The van der Waals surface area contributed by atoms with Gasteiger partial charge in [0.05, 0.1) is 5.54 Å². The van der Waals surface area contributed by atoms with Crippen LogP contribution in [0.2, 0.25) is 0 Å². The van der Waals surface area contributed by atoms with Crippen LogP contribution in [-0.2, 0) is 0 Å². The van der Waals surface area contributed by atoms with Crippen molar-refractivity contribution < 1.29 is 0 Å². The minimum atomic E-state index is 0.115. The lowest BCUT2D eigenvalue weighted by molar-refractivity contribution is 0.523. The van der Waals surface area contributed by atoms with Crippen molar-refractivity contribution in [2.45, 2.75) is 30.7 Å². The van der Waals surface area contributed by atoms with Crippen LogP contribution in [0.15, 0.2) is 34.2 Å². The molecule has 1 aliphatic heterocycles. The van der Waals surface area contributed by atoms with Gasteiger partial charge in [-0.3, -0.25) is 4.99 Å². The van der Waals surface area contributed by atoms with E-state index in [2.05, 4.69) is 49.7 Å². The predicted molar refractivity (Wildman–Crippen MR) is 80.4 cm³/mol. The fourth-order valence-corrected chi connectivity index (χ4v) is 3.25. The van der Waals surface area contributed by atoms with Gasteiger partial charge in [0.1, 0.15) is 0 Å². The number of nitrogens with zero attached hydrogens (tertiary/aromatic N) is 1. The maximum Gasteiger partial charge on any atom is 0.161 e. The summed E-state index contributed by atoms with van der Waals surface area (Å²) < 4.78 is 0. The largest absolute Gasteiger partial charge is 0.335 e. The Labute approximate surface area is 112 Å². The van der Waals surface area contributed by atoms with Crippen LogP contribution in [-0.4, -0.2) is 22.7 Å². The summed E-state index contributed by atoms with van der Waals surface area (Å²) in [6.07, 6.45) is 3.19. The molecule has 0 aliphatic carbocycles. The molecule has 2 rings (SSSR count). The van der Waals surface area contributed by atoms with Gasteiger partial charge in [0.15, 0.2) is 5.17 Å².